The van der Waals surface area contributed by atoms with Gasteiger partial charge in [-0.25, -0.2) is 4.98 Å². The minimum atomic E-state index is -0.492. The van der Waals surface area contributed by atoms with Gasteiger partial charge in [0.15, 0.2) is 5.01 Å². The van der Waals surface area contributed by atoms with Crippen molar-refractivity contribution in [3.05, 3.63) is 69.7 Å². The molecule has 0 radical (unpaired) electrons. The van der Waals surface area contributed by atoms with Crippen molar-refractivity contribution in [2.45, 2.75) is 45.8 Å². The summed E-state index contributed by atoms with van der Waals surface area (Å²) in [5, 5.41) is 0.530. The van der Waals surface area contributed by atoms with Gasteiger partial charge in [-0.05, 0) is 49.9 Å². The summed E-state index contributed by atoms with van der Waals surface area (Å²) >= 11 is 1.45. The number of nitrogens with zero attached hydrogens (tertiary/aromatic N) is 3. The second-order valence-corrected chi connectivity index (χ2v) is 10.9. The number of carbonyl (C=O) groups excluding carboxylic acids is 2. The molecule has 5 rings (SSSR count). The number of amides is 1. The number of ether oxygens (including phenoxy) is 1. The van der Waals surface area contributed by atoms with E-state index in [-0.39, 0.29) is 18.4 Å². The van der Waals surface area contributed by atoms with Gasteiger partial charge in [-0.15, -0.1) is 11.3 Å². The van der Waals surface area contributed by atoms with Crippen LogP contribution >= 0.6 is 11.3 Å². The van der Waals surface area contributed by atoms with Gasteiger partial charge in [0, 0.05) is 36.6 Å². The Balaban J connectivity index is 1.32. The van der Waals surface area contributed by atoms with Gasteiger partial charge in [0.2, 0.25) is 0 Å². The topological polar surface area (TPSA) is 62.7 Å². The van der Waals surface area contributed by atoms with Crippen molar-refractivity contribution in [1.29, 1.82) is 0 Å². The first kappa shape index (κ1) is 22.7. The molecule has 0 saturated carbocycles. The normalized spacial score (nSPS) is 15.7. The van der Waals surface area contributed by atoms with Crippen LogP contribution in [0.25, 0.3) is 11.1 Å². The Labute approximate surface area is 204 Å². The molecule has 1 aromatic heterocycles. The highest BCUT2D eigenvalue weighted by Crippen LogP contribution is 2.37. The molecule has 0 saturated heterocycles. The zero-order chi connectivity index (χ0) is 23.9. The van der Waals surface area contributed by atoms with Crippen LogP contribution in [0.2, 0.25) is 0 Å². The molecule has 2 aliphatic heterocycles. The van der Waals surface area contributed by atoms with Crippen LogP contribution in [-0.2, 0) is 28.9 Å². The van der Waals surface area contributed by atoms with E-state index in [1.54, 1.807) is 0 Å². The van der Waals surface area contributed by atoms with E-state index in [2.05, 4.69) is 23.1 Å². The van der Waals surface area contributed by atoms with Crippen molar-refractivity contribution >= 4 is 28.9 Å². The van der Waals surface area contributed by atoms with Crippen molar-refractivity contribution in [2.24, 2.45) is 0 Å². The predicted octanol–water partition coefficient (Wildman–Crippen LogP) is 4.71. The second kappa shape index (κ2) is 8.96. The SMILES string of the molecule is CC(C)(C)OC(=O)CN1CCc2nc(C(=O)N3CCc4c(-c5ccccc5)cccc43)sc2C1. The van der Waals surface area contributed by atoms with E-state index >= 15 is 0 Å². The van der Waals surface area contributed by atoms with Crippen LogP contribution in [0.15, 0.2) is 48.5 Å². The highest BCUT2D eigenvalue weighted by molar-refractivity contribution is 7.13. The lowest BCUT2D eigenvalue weighted by atomic mass is 9.98. The van der Waals surface area contributed by atoms with E-state index in [9.17, 15) is 9.59 Å². The molecule has 1 amide bonds. The summed E-state index contributed by atoms with van der Waals surface area (Å²) < 4.78 is 5.46. The fourth-order valence-electron chi connectivity index (χ4n) is 4.68. The summed E-state index contributed by atoms with van der Waals surface area (Å²) in [6.07, 6.45) is 1.57. The van der Waals surface area contributed by atoms with Gasteiger partial charge in [-0.3, -0.25) is 14.5 Å². The van der Waals surface area contributed by atoms with E-state index in [0.29, 0.717) is 18.1 Å². The van der Waals surface area contributed by atoms with Crippen LogP contribution in [0.5, 0.6) is 0 Å². The number of hydrogen-bond acceptors (Lipinski definition) is 6. The van der Waals surface area contributed by atoms with E-state index in [1.165, 1.54) is 28.0 Å². The first-order chi connectivity index (χ1) is 16.3. The molecule has 176 valence electrons. The standard InChI is InChI=1S/C27H29N3O3S/c1-27(2,3)33-24(31)17-29-14-13-21-23(16-29)34-25(28-21)26(32)30-15-12-20-19(10-7-11-22(20)30)18-8-5-4-6-9-18/h4-11H,12-17H2,1-3H3. The Morgan fingerprint density at radius 2 is 1.82 bits per heavy atom. The molecule has 2 aliphatic rings. The first-order valence-corrected chi connectivity index (χ1v) is 12.5. The number of thiazole rings is 1. The lowest BCUT2D eigenvalue weighted by molar-refractivity contribution is -0.156. The highest BCUT2D eigenvalue weighted by atomic mass is 32.1. The average Bonchev–Trinajstić information content (AvgIpc) is 3.42. The highest BCUT2D eigenvalue weighted by Gasteiger charge is 2.31. The number of fused-ring (bicyclic) bond motifs is 2. The molecule has 34 heavy (non-hydrogen) atoms. The third-order valence-corrected chi connectivity index (χ3v) is 7.19. The smallest absolute Gasteiger partial charge is 0.320 e. The number of hydrogen-bond donors (Lipinski definition) is 0. The summed E-state index contributed by atoms with van der Waals surface area (Å²) in [7, 11) is 0. The molecular formula is C27H29N3O3S. The molecule has 7 heteroatoms. The lowest BCUT2D eigenvalue weighted by Crippen LogP contribution is -2.37. The molecule has 0 aliphatic carbocycles. The Bertz CT molecular complexity index is 1230. The molecule has 0 fully saturated rings. The van der Waals surface area contributed by atoms with Crippen LogP contribution in [0, 0.1) is 0 Å². The maximum Gasteiger partial charge on any atom is 0.320 e. The number of esters is 1. The molecule has 2 aromatic carbocycles. The minimum Gasteiger partial charge on any atom is -0.459 e. The first-order valence-electron chi connectivity index (χ1n) is 11.7. The molecule has 0 atom stereocenters. The van der Waals surface area contributed by atoms with Crippen LogP contribution in [0.3, 0.4) is 0 Å². The maximum atomic E-state index is 13.5. The lowest BCUT2D eigenvalue weighted by Gasteiger charge is -2.27. The Kier molecular flexibility index (Phi) is 6.00. The van der Waals surface area contributed by atoms with Crippen molar-refractivity contribution < 1.29 is 14.3 Å². The number of carbonyl (C=O) groups is 2. The van der Waals surface area contributed by atoms with Crippen molar-refractivity contribution in [2.75, 3.05) is 24.5 Å². The average molecular weight is 476 g/mol. The second-order valence-electron chi connectivity index (χ2n) is 9.81. The number of rotatable bonds is 4. The number of benzene rings is 2. The van der Waals surface area contributed by atoms with Crippen molar-refractivity contribution in [1.82, 2.24) is 9.88 Å². The Hall–Kier alpha value is -3.03. The monoisotopic (exact) mass is 475 g/mol. The Morgan fingerprint density at radius 1 is 1.03 bits per heavy atom. The molecule has 6 nitrogen and oxygen atoms in total. The molecule has 0 N–H and O–H groups in total. The van der Waals surface area contributed by atoms with Gasteiger partial charge >= 0.3 is 5.97 Å². The number of anilines is 1. The third-order valence-electron chi connectivity index (χ3n) is 6.12. The van der Waals surface area contributed by atoms with E-state index in [1.807, 2.05) is 56.0 Å². The fourth-order valence-corrected chi connectivity index (χ4v) is 5.78. The summed E-state index contributed by atoms with van der Waals surface area (Å²) in [4.78, 5) is 35.4. The maximum absolute atomic E-state index is 13.5. The number of aromatic nitrogens is 1. The predicted molar refractivity (Wildman–Crippen MR) is 134 cm³/mol. The zero-order valence-electron chi connectivity index (χ0n) is 19.8. The molecule has 0 unspecified atom stereocenters. The molecule has 0 bridgehead atoms. The third kappa shape index (κ3) is 4.63. The Morgan fingerprint density at radius 3 is 2.59 bits per heavy atom. The van der Waals surface area contributed by atoms with Crippen molar-refractivity contribution in [3.63, 3.8) is 0 Å². The van der Waals surface area contributed by atoms with E-state index in [4.69, 9.17) is 9.72 Å². The van der Waals surface area contributed by atoms with Gasteiger partial charge in [0.25, 0.3) is 5.91 Å². The summed E-state index contributed by atoms with van der Waals surface area (Å²) in [6.45, 7) is 7.89. The van der Waals surface area contributed by atoms with Gasteiger partial charge in [0.05, 0.1) is 12.2 Å². The molecule has 0 spiro atoms. The van der Waals surface area contributed by atoms with Gasteiger partial charge in [-0.1, -0.05) is 42.5 Å². The van der Waals surface area contributed by atoms with Crippen LogP contribution in [0.4, 0.5) is 5.69 Å². The van der Waals surface area contributed by atoms with Crippen molar-refractivity contribution in [3.8, 4) is 11.1 Å². The quantitative estimate of drug-likeness (QED) is 0.512. The van der Waals surface area contributed by atoms with E-state index < -0.39 is 5.60 Å². The summed E-state index contributed by atoms with van der Waals surface area (Å²) in [5.74, 6) is -0.262. The minimum absolute atomic E-state index is 0.0398. The van der Waals surface area contributed by atoms with Gasteiger partial charge in [-0.2, -0.15) is 0 Å². The molecule has 3 heterocycles. The largest absolute Gasteiger partial charge is 0.459 e. The van der Waals surface area contributed by atoms with Crippen LogP contribution in [0.1, 0.15) is 46.7 Å². The molecule has 3 aromatic rings. The van der Waals surface area contributed by atoms with Crippen LogP contribution in [-0.4, -0.2) is 47.0 Å². The summed E-state index contributed by atoms with van der Waals surface area (Å²) in [5.41, 5.74) is 5.03. The summed E-state index contributed by atoms with van der Waals surface area (Å²) in [6, 6.07) is 16.5. The fraction of sp³-hybridized carbons (Fsp3) is 0.370. The van der Waals surface area contributed by atoms with Gasteiger partial charge in [0.1, 0.15) is 5.60 Å². The van der Waals surface area contributed by atoms with Gasteiger partial charge < -0.3 is 9.64 Å². The zero-order valence-corrected chi connectivity index (χ0v) is 20.7. The van der Waals surface area contributed by atoms with Crippen LogP contribution < -0.4 is 4.90 Å². The van der Waals surface area contributed by atoms with E-state index in [0.717, 1.165) is 35.6 Å². The molecular weight excluding hydrogens is 446 g/mol.